The van der Waals surface area contributed by atoms with E-state index in [-0.39, 0.29) is 21.8 Å². The summed E-state index contributed by atoms with van der Waals surface area (Å²) in [4.78, 5) is 12.0. The third-order valence-corrected chi connectivity index (χ3v) is 4.08. The van der Waals surface area contributed by atoms with Crippen LogP contribution in [0.5, 0.6) is 0 Å². The summed E-state index contributed by atoms with van der Waals surface area (Å²) in [6, 6.07) is 3.91. The zero-order valence-corrected chi connectivity index (χ0v) is 13.0. The van der Waals surface area contributed by atoms with Crippen LogP contribution in [0.15, 0.2) is 24.4 Å². The molecule has 1 aromatic carbocycles. The van der Waals surface area contributed by atoms with Crippen molar-refractivity contribution in [1.82, 2.24) is 15.1 Å². The van der Waals surface area contributed by atoms with E-state index in [4.69, 9.17) is 23.2 Å². The van der Waals surface area contributed by atoms with E-state index in [2.05, 4.69) is 10.4 Å². The molecule has 0 saturated heterocycles. The molecule has 0 atom stereocenters. The third kappa shape index (κ3) is 3.30. The predicted molar refractivity (Wildman–Crippen MR) is 79.1 cm³/mol. The molecule has 4 nitrogen and oxygen atoms in total. The van der Waals surface area contributed by atoms with E-state index in [9.17, 15) is 18.0 Å². The summed E-state index contributed by atoms with van der Waals surface area (Å²) in [5.74, 6) is -0.786. The van der Waals surface area contributed by atoms with Gasteiger partial charge in [-0.1, -0.05) is 23.2 Å². The summed E-state index contributed by atoms with van der Waals surface area (Å²) < 4.78 is 40.9. The van der Waals surface area contributed by atoms with Gasteiger partial charge in [-0.3, -0.25) is 4.79 Å². The summed E-state index contributed by atoms with van der Waals surface area (Å²) in [5.41, 5.74) is -1.60. The fourth-order valence-electron chi connectivity index (χ4n) is 2.09. The Hall–Kier alpha value is -1.73. The summed E-state index contributed by atoms with van der Waals surface area (Å²) >= 11 is 11.6. The van der Waals surface area contributed by atoms with Crippen molar-refractivity contribution in [3.05, 3.63) is 45.7 Å². The zero-order chi connectivity index (χ0) is 16.8. The van der Waals surface area contributed by atoms with Crippen molar-refractivity contribution >= 4 is 29.1 Å². The summed E-state index contributed by atoms with van der Waals surface area (Å²) in [7, 11) is 0. The Bertz CT molecular complexity index is 769. The van der Waals surface area contributed by atoms with Gasteiger partial charge in [0, 0.05) is 6.04 Å². The Morgan fingerprint density at radius 2 is 1.96 bits per heavy atom. The lowest BCUT2D eigenvalue weighted by Crippen LogP contribution is -2.28. The number of hydrogen-bond donors (Lipinski definition) is 1. The Balaban J connectivity index is 2.07. The fourth-order valence-corrected chi connectivity index (χ4v) is 2.38. The van der Waals surface area contributed by atoms with Gasteiger partial charge in [-0.15, -0.1) is 0 Å². The first-order valence-corrected chi connectivity index (χ1v) is 7.44. The maximum atomic E-state index is 13.4. The topological polar surface area (TPSA) is 46.9 Å². The molecule has 1 heterocycles. The minimum absolute atomic E-state index is 0.0584. The van der Waals surface area contributed by atoms with E-state index >= 15 is 0 Å². The molecule has 1 aliphatic rings. The number of benzene rings is 1. The lowest BCUT2D eigenvalue weighted by atomic mass is 10.2. The van der Waals surface area contributed by atoms with Crippen LogP contribution in [0.4, 0.5) is 13.2 Å². The number of carbonyl (C=O) groups is 1. The molecule has 0 aliphatic heterocycles. The van der Waals surface area contributed by atoms with Crippen molar-refractivity contribution in [3.8, 4) is 5.69 Å². The predicted octanol–water partition coefficient (Wildman–Crippen LogP) is 4.09. The molecular weight excluding hydrogens is 354 g/mol. The highest BCUT2D eigenvalue weighted by Crippen LogP contribution is 2.35. The SMILES string of the molecule is O=C(NC1CC1)c1cnn(-c2ccc(Cl)c(Cl)c2)c1C(F)(F)F. The molecule has 0 bridgehead atoms. The molecule has 9 heteroatoms. The summed E-state index contributed by atoms with van der Waals surface area (Å²) in [5, 5.41) is 6.54. The van der Waals surface area contributed by atoms with Gasteiger partial charge in [0.05, 0.1) is 27.5 Å². The summed E-state index contributed by atoms with van der Waals surface area (Å²) in [6.45, 7) is 0. The van der Waals surface area contributed by atoms with Crippen LogP contribution in [-0.4, -0.2) is 21.7 Å². The van der Waals surface area contributed by atoms with Gasteiger partial charge in [0.1, 0.15) is 0 Å². The van der Waals surface area contributed by atoms with Crippen LogP contribution < -0.4 is 5.32 Å². The van der Waals surface area contributed by atoms with Crippen molar-refractivity contribution in [2.24, 2.45) is 0 Å². The molecule has 1 aromatic heterocycles. The van der Waals surface area contributed by atoms with Crippen molar-refractivity contribution < 1.29 is 18.0 Å². The second-order valence-corrected chi connectivity index (χ2v) is 5.98. The largest absolute Gasteiger partial charge is 0.434 e. The van der Waals surface area contributed by atoms with Crippen LogP contribution in [0.1, 0.15) is 28.9 Å². The quantitative estimate of drug-likeness (QED) is 0.892. The van der Waals surface area contributed by atoms with Gasteiger partial charge in [0.15, 0.2) is 5.69 Å². The van der Waals surface area contributed by atoms with Gasteiger partial charge >= 0.3 is 6.18 Å². The molecule has 1 N–H and O–H groups in total. The number of carbonyl (C=O) groups excluding carboxylic acids is 1. The molecule has 23 heavy (non-hydrogen) atoms. The lowest BCUT2D eigenvalue weighted by molar-refractivity contribution is -0.143. The number of alkyl halides is 3. The van der Waals surface area contributed by atoms with E-state index in [1.165, 1.54) is 18.2 Å². The van der Waals surface area contributed by atoms with Crippen LogP contribution in [0.3, 0.4) is 0 Å². The Kier molecular flexibility index (Phi) is 4.01. The number of nitrogens with zero attached hydrogens (tertiary/aromatic N) is 2. The molecule has 1 saturated carbocycles. The van der Waals surface area contributed by atoms with Gasteiger partial charge in [0.25, 0.3) is 5.91 Å². The van der Waals surface area contributed by atoms with E-state index in [1.807, 2.05) is 0 Å². The molecule has 1 fully saturated rings. The Morgan fingerprint density at radius 1 is 1.26 bits per heavy atom. The zero-order valence-electron chi connectivity index (χ0n) is 11.5. The Labute approximate surface area is 139 Å². The van der Waals surface area contributed by atoms with Crippen LogP contribution in [0.25, 0.3) is 5.69 Å². The molecule has 1 aliphatic carbocycles. The van der Waals surface area contributed by atoms with Gasteiger partial charge in [-0.25, -0.2) is 4.68 Å². The Morgan fingerprint density at radius 3 is 2.52 bits per heavy atom. The highest BCUT2D eigenvalue weighted by Gasteiger charge is 2.41. The number of aromatic nitrogens is 2. The number of nitrogens with one attached hydrogen (secondary N) is 1. The normalized spacial score (nSPS) is 14.8. The molecule has 2 aromatic rings. The van der Waals surface area contributed by atoms with Crippen LogP contribution >= 0.6 is 23.2 Å². The van der Waals surface area contributed by atoms with Crippen LogP contribution in [0, 0.1) is 0 Å². The minimum atomic E-state index is -4.75. The minimum Gasteiger partial charge on any atom is -0.349 e. The molecule has 122 valence electrons. The molecule has 0 spiro atoms. The molecule has 0 unspecified atom stereocenters. The first kappa shape index (κ1) is 16.1. The van der Waals surface area contributed by atoms with Crippen LogP contribution in [-0.2, 0) is 6.18 Å². The van der Waals surface area contributed by atoms with E-state index in [0.717, 1.165) is 19.0 Å². The molecule has 0 radical (unpaired) electrons. The first-order valence-electron chi connectivity index (χ1n) is 6.69. The molecular formula is C14H10Cl2F3N3O. The van der Waals surface area contributed by atoms with Gasteiger partial charge in [-0.05, 0) is 31.0 Å². The van der Waals surface area contributed by atoms with Crippen molar-refractivity contribution in [2.75, 3.05) is 0 Å². The number of amides is 1. The number of halogens is 5. The van der Waals surface area contributed by atoms with Gasteiger partial charge < -0.3 is 5.32 Å². The fraction of sp³-hybridized carbons (Fsp3) is 0.286. The van der Waals surface area contributed by atoms with E-state index < -0.39 is 23.3 Å². The smallest absolute Gasteiger partial charge is 0.349 e. The van der Waals surface area contributed by atoms with E-state index in [0.29, 0.717) is 4.68 Å². The average Bonchev–Trinajstić information content (AvgIpc) is 3.14. The third-order valence-electron chi connectivity index (χ3n) is 3.34. The van der Waals surface area contributed by atoms with Gasteiger partial charge in [0.2, 0.25) is 0 Å². The van der Waals surface area contributed by atoms with Crippen molar-refractivity contribution in [2.45, 2.75) is 25.1 Å². The highest BCUT2D eigenvalue weighted by atomic mass is 35.5. The number of rotatable bonds is 3. The van der Waals surface area contributed by atoms with Crippen LogP contribution in [0.2, 0.25) is 10.0 Å². The molecule has 3 rings (SSSR count). The lowest BCUT2D eigenvalue weighted by Gasteiger charge is -2.13. The maximum absolute atomic E-state index is 13.4. The molecule has 1 amide bonds. The monoisotopic (exact) mass is 363 g/mol. The van der Waals surface area contributed by atoms with E-state index in [1.54, 1.807) is 0 Å². The number of hydrogen-bond acceptors (Lipinski definition) is 2. The maximum Gasteiger partial charge on any atom is 0.434 e. The first-order chi connectivity index (χ1) is 10.8. The van der Waals surface area contributed by atoms with Gasteiger partial charge in [-0.2, -0.15) is 18.3 Å². The second-order valence-electron chi connectivity index (χ2n) is 5.16. The van der Waals surface area contributed by atoms with Crippen molar-refractivity contribution in [3.63, 3.8) is 0 Å². The van der Waals surface area contributed by atoms with Crippen molar-refractivity contribution in [1.29, 1.82) is 0 Å². The summed E-state index contributed by atoms with van der Waals surface area (Å²) in [6.07, 6.45) is -2.30. The second kappa shape index (κ2) is 5.72. The average molecular weight is 364 g/mol. The highest BCUT2D eigenvalue weighted by molar-refractivity contribution is 6.42. The standard InChI is InChI=1S/C14H10Cl2F3N3O/c15-10-4-3-8(5-11(10)16)22-12(14(17,18)19)9(6-20-22)13(23)21-7-1-2-7/h3-7H,1-2H2,(H,21,23).